The fraction of sp³-hybridized carbons (Fsp3) is 0.857. The van der Waals surface area contributed by atoms with Gasteiger partial charge in [0.2, 0.25) is 5.91 Å². The highest BCUT2D eigenvalue weighted by molar-refractivity contribution is 7.80. The van der Waals surface area contributed by atoms with Gasteiger partial charge in [-0.05, 0) is 6.42 Å². The van der Waals surface area contributed by atoms with Gasteiger partial charge < -0.3 is 10.6 Å². The fourth-order valence-electron chi connectivity index (χ4n) is 2.41. The largest absolute Gasteiger partial charge is 0.392 e. The zero-order valence-electron chi connectivity index (χ0n) is 12.1. The lowest BCUT2D eigenvalue weighted by Crippen LogP contribution is -2.50. The predicted octanol–water partition coefficient (Wildman–Crippen LogP) is 1.78. The first-order valence-corrected chi connectivity index (χ1v) is 7.82. The maximum absolute atomic E-state index is 12.0. The molecular weight excluding hydrogens is 258 g/mol. The van der Waals surface area contributed by atoms with Crippen LogP contribution < -0.4 is 5.73 Å². The van der Waals surface area contributed by atoms with Gasteiger partial charge in [-0.2, -0.15) is 0 Å². The third-order valence-corrected chi connectivity index (χ3v) is 3.73. The maximum atomic E-state index is 12.0. The second kappa shape index (κ2) is 9.26. The van der Waals surface area contributed by atoms with E-state index in [1.165, 1.54) is 25.7 Å². The van der Waals surface area contributed by atoms with Crippen molar-refractivity contribution < 1.29 is 4.79 Å². The summed E-state index contributed by atoms with van der Waals surface area (Å²) in [6.45, 7) is 6.29. The summed E-state index contributed by atoms with van der Waals surface area (Å²) < 4.78 is 0. The SMILES string of the molecule is CCCCCCCC(=O)N1CCN(CC(N)=S)CC1. The van der Waals surface area contributed by atoms with Gasteiger partial charge in [-0.15, -0.1) is 0 Å². The van der Waals surface area contributed by atoms with Gasteiger partial charge in [0, 0.05) is 39.1 Å². The Morgan fingerprint density at radius 1 is 1.11 bits per heavy atom. The van der Waals surface area contributed by atoms with Crippen molar-refractivity contribution >= 4 is 23.1 Å². The zero-order chi connectivity index (χ0) is 14.1. The van der Waals surface area contributed by atoms with Crippen molar-refractivity contribution in [1.29, 1.82) is 0 Å². The quantitative estimate of drug-likeness (QED) is 0.545. The van der Waals surface area contributed by atoms with Crippen LogP contribution in [-0.4, -0.2) is 53.4 Å². The summed E-state index contributed by atoms with van der Waals surface area (Å²) in [6.07, 6.45) is 6.71. The van der Waals surface area contributed by atoms with Crippen LogP contribution in [-0.2, 0) is 4.79 Å². The highest BCUT2D eigenvalue weighted by atomic mass is 32.1. The molecule has 1 heterocycles. The number of nitrogens with zero attached hydrogens (tertiary/aromatic N) is 2. The molecule has 19 heavy (non-hydrogen) atoms. The Morgan fingerprint density at radius 2 is 1.74 bits per heavy atom. The van der Waals surface area contributed by atoms with Crippen molar-refractivity contribution in [2.24, 2.45) is 5.73 Å². The summed E-state index contributed by atoms with van der Waals surface area (Å²) in [5, 5.41) is 0. The van der Waals surface area contributed by atoms with Crippen molar-refractivity contribution in [1.82, 2.24) is 9.80 Å². The number of unbranched alkanes of at least 4 members (excludes halogenated alkanes) is 4. The Labute approximate surface area is 122 Å². The van der Waals surface area contributed by atoms with Gasteiger partial charge in [0.1, 0.15) is 0 Å². The molecule has 0 spiro atoms. The number of amides is 1. The van der Waals surface area contributed by atoms with E-state index < -0.39 is 0 Å². The first-order valence-electron chi connectivity index (χ1n) is 7.42. The monoisotopic (exact) mass is 285 g/mol. The molecule has 0 radical (unpaired) electrons. The Kier molecular flexibility index (Phi) is 7.98. The lowest BCUT2D eigenvalue weighted by Gasteiger charge is -2.34. The zero-order valence-corrected chi connectivity index (χ0v) is 12.9. The van der Waals surface area contributed by atoms with E-state index in [0.29, 0.717) is 23.9 Å². The molecule has 0 aromatic rings. The molecule has 0 bridgehead atoms. The highest BCUT2D eigenvalue weighted by Gasteiger charge is 2.20. The minimum atomic E-state index is 0.312. The molecule has 0 saturated carbocycles. The number of carbonyl (C=O) groups excluding carboxylic acids is 1. The van der Waals surface area contributed by atoms with Gasteiger partial charge in [-0.25, -0.2) is 0 Å². The first kappa shape index (κ1) is 16.4. The minimum Gasteiger partial charge on any atom is -0.392 e. The number of thiocarbonyl (C=S) groups is 1. The summed E-state index contributed by atoms with van der Waals surface area (Å²) in [6, 6.07) is 0. The fourth-order valence-corrected chi connectivity index (χ4v) is 2.60. The smallest absolute Gasteiger partial charge is 0.222 e. The van der Waals surface area contributed by atoms with E-state index >= 15 is 0 Å². The van der Waals surface area contributed by atoms with Gasteiger partial charge >= 0.3 is 0 Å². The van der Waals surface area contributed by atoms with Crippen molar-refractivity contribution in [3.63, 3.8) is 0 Å². The average molecular weight is 285 g/mol. The number of hydrogen-bond acceptors (Lipinski definition) is 3. The molecule has 1 rings (SSSR count). The van der Waals surface area contributed by atoms with Gasteiger partial charge in [-0.1, -0.05) is 44.8 Å². The number of nitrogens with two attached hydrogens (primary N) is 1. The van der Waals surface area contributed by atoms with Crippen LogP contribution in [0.25, 0.3) is 0 Å². The van der Waals surface area contributed by atoms with Crippen LogP contribution in [0.1, 0.15) is 45.4 Å². The third-order valence-electron chi connectivity index (χ3n) is 3.60. The van der Waals surface area contributed by atoms with E-state index in [1.807, 2.05) is 4.90 Å². The molecule has 1 aliphatic heterocycles. The molecule has 0 aromatic heterocycles. The van der Waals surface area contributed by atoms with Gasteiger partial charge in [0.15, 0.2) is 0 Å². The molecule has 1 fully saturated rings. The third kappa shape index (κ3) is 6.87. The second-order valence-electron chi connectivity index (χ2n) is 5.29. The molecule has 1 aliphatic rings. The van der Waals surface area contributed by atoms with Gasteiger partial charge in [0.25, 0.3) is 0 Å². The molecule has 5 heteroatoms. The van der Waals surface area contributed by atoms with Crippen LogP contribution in [0, 0.1) is 0 Å². The molecular formula is C14H27N3OS. The van der Waals surface area contributed by atoms with E-state index in [-0.39, 0.29) is 0 Å². The molecule has 0 atom stereocenters. The summed E-state index contributed by atoms with van der Waals surface area (Å²) in [4.78, 5) is 16.8. The lowest BCUT2D eigenvalue weighted by atomic mass is 10.1. The molecule has 0 aliphatic carbocycles. The normalized spacial score (nSPS) is 16.6. The van der Waals surface area contributed by atoms with E-state index in [2.05, 4.69) is 11.8 Å². The van der Waals surface area contributed by atoms with E-state index in [1.54, 1.807) is 0 Å². The molecule has 2 N–H and O–H groups in total. The van der Waals surface area contributed by atoms with Crippen molar-refractivity contribution in [3.05, 3.63) is 0 Å². The predicted molar refractivity (Wildman–Crippen MR) is 83.2 cm³/mol. The Balaban J connectivity index is 2.12. The van der Waals surface area contributed by atoms with E-state index in [9.17, 15) is 4.79 Å². The highest BCUT2D eigenvalue weighted by Crippen LogP contribution is 2.09. The average Bonchev–Trinajstić information content (AvgIpc) is 2.38. The second-order valence-corrected chi connectivity index (χ2v) is 5.81. The lowest BCUT2D eigenvalue weighted by molar-refractivity contribution is -0.132. The van der Waals surface area contributed by atoms with Crippen molar-refractivity contribution in [2.45, 2.75) is 45.4 Å². The maximum Gasteiger partial charge on any atom is 0.222 e. The Morgan fingerprint density at radius 3 is 2.32 bits per heavy atom. The summed E-state index contributed by atoms with van der Waals surface area (Å²) in [5.74, 6) is 0.312. The Hall–Kier alpha value is -0.680. The number of rotatable bonds is 8. The number of carbonyl (C=O) groups is 1. The van der Waals surface area contributed by atoms with E-state index in [0.717, 1.165) is 32.6 Å². The van der Waals surface area contributed by atoms with Crippen LogP contribution >= 0.6 is 12.2 Å². The van der Waals surface area contributed by atoms with Crippen LogP contribution in [0.3, 0.4) is 0 Å². The Bertz CT molecular complexity index is 288. The van der Waals surface area contributed by atoms with Crippen LogP contribution in [0.2, 0.25) is 0 Å². The molecule has 4 nitrogen and oxygen atoms in total. The molecule has 0 aromatic carbocycles. The summed E-state index contributed by atoms with van der Waals surface area (Å²) >= 11 is 4.91. The minimum absolute atomic E-state index is 0.312. The van der Waals surface area contributed by atoms with Crippen molar-refractivity contribution in [2.75, 3.05) is 32.7 Å². The first-order chi connectivity index (χ1) is 9.13. The van der Waals surface area contributed by atoms with Gasteiger partial charge in [0.05, 0.1) is 4.99 Å². The summed E-state index contributed by atoms with van der Waals surface area (Å²) in [5.41, 5.74) is 5.53. The standard InChI is InChI=1S/C14H27N3OS/c1-2-3-4-5-6-7-14(18)17-10-8-16(9-11-17)12-13(15)19/h2-12H2,1H3,(H2,15,19). The number of hydrogen-bond donors (Lipinski definition) is 1. The van der Waals surface area contributed by atoms with Gasteiger partial charge in [-0.3, -0.25) is 9.69 Å². The van der Waals surface area contributed by atoms with Crippen LogP contribution in [0.15, 0.2) is 0 Å². The topological polar surface area (TPSA) is 49.6 Å². The summed E-state index contributed by atoms with van der Waals surface area (Å²) in [7, 11) is 0. The van der Waals surface area contributed by atoms with E-state index in [4.69, 9.17) is 18.0 Å². The number of piperazine rings is 1. The van der Waals surface area contributed by atoms with Crippen LogP contribution in [0.4, 0.5) is 0 Å². The molecule has 1 saturated heterocycles. The van der Waals surface area contributed by atoms with Crippen LogP contribution in [0.5, 0.6) is 0 Å². The molecule has 0 unspecified atom stereocenters. The molecule has 110 valence electrons. The molecule has 1 amide bonds. The van der Waals surface area contributed by atoms with Crippen molar-refractivity contribution in [3.8, 4) is 0 Å².